The number of pyridine rings is 1. The maximum atomic E-state index is 12.7. The monoisotopic (exact) mass is 238 g/mol. The number of aromatic nitrogens is 1. The Morgan fingerprint density at radius 3 is 2.12 bits per heavy atom. The molecule has 0 fully saturated rings. The van der Waals surface area contributed by atoms with Crippen molar-refractivity contribution in [2.45, 2.75) is 46.6 Å². The summed E-state index contributed by atoms with van der Waals surface area (Å²) in [5.74, 6) is 0.874. The molecule has 0 aliphatic rings. The van der Waals surface area contributed by atoms with Crippen molar-refractivity contribution in [1.29, 1.82) is 0 Å². The van der Waals surface area contributed by atoms with Gasteiger partial charge in [0, 0.05) is 6.04 Å². The Kier molecular flexibility index (Phi) is 5.39. The average molecular weight is 238 g/mol. The fourth-order valence-electron chi connectivity index (χ4n) is 2.05. The summed E-state index contributed by atoms with van der Waals surface area (Å²) in [7, 11) is 0. The Balaban J connectivity index is 2.61. The molecule has 1 N–H and O–H groups in total. The third-order valence-corrected chi connectivity index (χ3v) is 2.61. The molecule has 2 nitrogen and oxygen atoms in total. The Bertz CT molecular complexity index is 309. The van der Waals surface area contributed by atoms with Crippen molar-refractivity contribution in [1.82, 2.24) is 4.98 Å². The molecule has 0 radical (unpaired) electrons. The number of nitrogens with one attached hydrogen (secondary N) is 1. The summed E-state index contributed by atoms with van der Waals surface area (Å²) < 4.78 is 12.7. The molecule has 0 atom stereocenters. The summed E-state index contributed by atoms with van der Waals surface area (Å²) in [6.45, 7) is 8.88. The van der Waals surface area contributed by atoms with E-state index in [1.807, 2.05) is 0 Å². The number of nitrogens with zero attached hydrogens (tertiary/aromatic N) is 1. The molecule has 0 spiro atoms. The van der Waals surface area contributed by atoms with E-state index in [9.17, 15) is 4.39 Å². The van der Waals surface area contributed by atoms with Crippen LogP contribution >= 0.6 is 0 Å². The van der Waals surface area contributed by atoms with Gasteiger partial charge in [-0.15, -0.1) is 0 Å². The smallest absolute Gasteiger partial charge is 0.212 e. The minimum absolute atomic E-state index is 0.431. The van der Waals surface area contributed by atoms with Gasteiger partial charge in [-0.25, -0.2) is 4.98 Å². The molecule has 3 heteroatoms. The van der Waals surface area contributed by atoms with Crippen molar-refractivity contribution >= 4 is 5.69 Å². The van der Waals surface area contributed by atoms with Gasteiger partial charge in [-0.1, -0.05) is 27.7 Å². The molecule has 1 rings (SSSR count). The summed E-state index contributed by atoms with van der Waals surface area (Å²) in [6, 6.07) is 3.57. The fraction of sp³-hybridized carbons (Fsp3) is 0.643. The number of rotatable bonds is 6. The summed E-state index contributed by atoms with van der Waals surface area (Å²) in [4.78, 5) is 3.66. The topological polar surface area (TPSA) is 24.9 Å². The molecule has 0 saturated heterocycles. The Labute approximate surface area is 104 Å². The molecule has 1 aromatic heterocycles. The van der Waals surface area contributed by atoms with E-state index >= 15 is 0 Å². The first kappa shape index (κ1) is 13.9. The summed E-state index contributed by atoms with van der Waals surface area (Å²) >= 11 is 0. The van der Waals surface area contributed by atoms with Crippen LogP contribution < -0.4 is 5.32 Å². The molecule has 0 amide bonds. The predicted molar refractivity (Wildman–Crippen MR) is 70.5 cm³/mol. The van der Waals surface area contributed by atoms with Crippen LogP contribution in [0.25, 0.3) is 0 Å². The van der Waals surface area contributed by atoms with Crippen LogP contribution in [-0.2, 0) is 0 Å². The number of hydrogen-bond donors (Lipinski definition) is 1. The van der Waals surface area contributed by atoms with Crippen molar-refractivity contribution in [2.75, 3.05) is 5.32 Å². The van der Waals surface area contributed by atoms with Crippen LogP contribution in [0, 0.1) is 17.8 Å². The van der Waals surface area contributed by atoms with Gasteiger partial charge >= 0.3 is 0 Å². The quantitative estimate of drug-likeness (QED) is 0.755. The Hall–Kier alpha value is -1.12. The molecule has 1 aromatic rings. The third kappa shape index (κ3) is 5.66. The highest BCUT2D eigenvalue weighted by Gasteiger charge is 2.12. The first-order chi connectivity index (χ1) is 7.97. The van der Waals surface area contributed by atoms with Gasteiger partial charge in [-0.3, -0.25) is 0 Å². The van der Waals surface area contributed by atoms with Gasteiger partial charge in [0.05, 0.1) is 11.9 Å². The molecule has 0 aromatic carbocycles. The van der Waals surface area contributed by atoms with E-state index < -0.39 is 5.95 Å². The molecule has 0 aliphatic heterocycles. The van der Waals surface area contributed by atoms with Gasteiger partial charge in [0.15, 0.2) is 0 Å². The van der Waals surface area contributed by atoms with Gasteiger partial charge in [0.25, 0.3) is 0 Å². The minimum atomic E-state index is -0.431. The second-order valence-electron chi connectivity index (χ2n) is 5.47. The van der Waals surface area contributed by atoms with Gasteiger partial charge in [-0.05, 0) is 36.8 Å². The van der Waals surface area contributed by atoms with Gasteiger partial charge in [0.2, 0.25) is 5.95 Å². The first-order valence-electron chi connectivity index (χ1n) is 6.35. The molecule has 0 saturated carbocycles. The molecule has 0 bridgehead atoms. The van der Waals surface area contributed by atoms with Crippen LogP contribution in [0.4, 0.5) is 10.1 Å². The number of anilines is 1. The lowest BCUT2D eigenvalue weighted by atomic mass is 9.95. The normalized spacial score (nSPS) is 11.5. The molecule has 17 heavy (non-hydrogen) atoms. The molecular weight excluding hydrogens is 215 g/mol. The largest absolute Gasteiger partial charge is 0.381 e. The van der Waals surface area contributed by atoms with Crippen molar-refractivity contribution in [3.8, 4) is 0 Å². The van der Waals surface area contributed by atoms with Crippen LogP contribution in [0.5, 0.6) is 0 Å². The SMILES string of the molecule is CC(C)CC(CC(C)C)Nc1ccc(F)nc1. The van der Waals surface area contributed by atoms with Crippen molar-refractivity contribution < 1.29 is 4.39 Å². The van der Waals surface area contributed by atoms with E-state index in [2.05, 4.69) is 38.0 Å². The van der Waals surface area contributed by atoms with Gasteiger partial charge in [-0.2, -0.15) is 4.39 Å². The predicted octanol–water partition coefficient (Wildman–Crippen LogP) is 4.09. The van der Waals surface area contributed by atoms with E-state index in [4.69, 9.17) is 0 Å². The Morgan fingerprint density at radius 2 is 1.71 bits per heavy atom. The minimum Gasteiger partial charge on any atom is -0.381 e. The molecular formula is C14H23FN2. The first-order valence-corrected chi connectivity index (χ1v) is 6.35. The van der Waals surface area contributed by atoms with Crippen LogP contribution in [0.15, 0.2) is 18.3 Å². The second-order valence-corrected chi connectivity index (χ2v) is 5.47. The highest BCUT2D eigenvalue weighted by atomic mass is 19.1. The van der Waals surface area contributed by atoms with E-state index in [-0.39, 0.29) is 0 Å². The summed E-state index contributed by atoms with van der Waals surface area (Å²) in [5.41, 5.74) is 0.901. The molecule has 1 heterocycles. The van der Waals surface area contributed by atoms with Crippen molar-refractivity contribution in [3.63, 3.8) is 0 Å². The molecule has 0 unspecified atom stereocenters. The number of hydrogen-bond acceptors (Lipinski definition) is 2. The maximum absolute atomic E-state index is 12.7. The van der Waals surface area contributed by atoms with Crippen molar-refractivity contribution in [3.05, 3.63) is 24.3 Å². The van der Waals surface area contributed by atoms with Gasteiger partial charge in [0.1, 0.15) is 0 Å². The van der Waals surface area contributed by atoms with E-state index in [1.165, 1.54) is 6.07 Å². The zero-order chi connectivity index (χ0) is 12.8. The van der Waals surface area contributed by atoms with Crippen molar-refractivity contribution in [2.24, 2.45) is 11.8 Å². The fourth-order valence-corrected chi connectivity index (χ4v) is 2.05. The zero-order valence-corrected chi connectivity index (χ0v) is 11.2. The lowest BCUT2D eigenvalue weighted by Gasteiger charge is -2.23. The second kappa shape index (κ2) is 6.58. The lowest BCUT2D eigenvalue weighted by Crippen LogP contribution is -2.23. The summed E-state index contributed by atoms with van der Waals surface area (Å²) in [6.07, 6.45) is 3.80. The maximum Gasteiger partial charge on any atom is 0.212 e. The van der Waals surface area contributed by atoms with E-state index in [1.54, 1.807) is 12.3 Å². The standard InChI is InChI=1S/C14H23FN2/c1-10(2)7-13(8-11(3)4)17-12-5-6-14(15)16-9-12/h5-6,9-11,13,17H,7-8H2,1-4H3. The summed E-state index contributed by atoms with van der Waals surface area (Å²) in [5, 5.41) is 3.44. The highest BCUT2D eigenvalue weighted by molar-refractivity contribution is 5.40. The average Bonchev–Trinajstić information content (AvgIpc) is 2.19. The number of halogens is 1. The zero-order valence-electron chi connectivity index (χ0n) is 11.2. The van der Waals surface area contributed by atoms with E-state index in [0.717, 1.165) is 18.5 Å². The Morgan fingerprint density at radius 1 is 1.12 bits per heavy atom. The van der Waals surface area contributed by atoms with Crippen LogP contribution in [0.2, 0.25) is 0 Å². The third-order valence-electron chi connectivity index (χ3n) is 2.61. The van der Waals surface area contributed by atoms with E-state index in [0.29, 0.717) is 17.9 Å². The highest BCUT2D eigenvalue weighted by Crippen LogP contribution is 2.18. The molecule has 0 aliphatic carbocycles. The van der Waals surface area contributed by atoms with Gasteiger partial charge < -0.3 is 5.32 Å². The lowest BCUT2D eigenvalue weighted by molar-refractivity contribution is 0.442. The van der Waals surface area contributed by atoms with Crippen LogP contribution in [0.1, 0.15) is 40.5 Å². The van der Waals surface area contributed by atoms with Crippen LogP contribution in [-0.4, -0.2) is 11.0 Å². The van der Waals surface area contributed by atoms with Crippen LogP contribution in [0.3, 0.4) is 0 Å². The molecule has 96 valence electrons.